The molecule has 74 valence electrons. The zero-order chi connectivity index (χ0) is 10.6. The fourth-order valence-electron chi connectivity index (χ4n) is 1.05. The van der Waals surface area contributed by atoms with Crippen molar-refractivity contribution in [3.05, 3.63) is 26.8 Å². The summed E-state index contributed by atoms with van der Waals surface area (Å²) in [5.41, 5.74) is 0.761. The number of hydrogen-bond acceptors (Lipinski definition) is 3. The van der Waals surface area contributed by atoms with Crippen LogP contribution in [0.15, 0.2) is 12.1 Å². The third-order valence-electron chi connectivity index (χ3n) is 1.69. The van der Waals surface area contributed by atoms with Gasteiger partial charge in [-0.15, -0.1) is 0 Å². The van der Waals surface area contributed by atoms with Gasteiger partial charge in [0.2, 0.25) is 0 Å². The molecule has 4 heteroatoms. The smallest absolute Gasteiger partial charge is 0.150 e. The SMILES string of the molecule is CCOc1cc(C=O)c(C=O)cc1I. The van der Waals surface area contributed by atoms with E-state index in [1.54, 1.807) is 12.1 Å². The van der Waals surface area contributed by atoms with Gasteiger partial charge in [0.1, 0.15) is 5.75 Å². The number of carbonyl (C=O) groups is 2. The minimum Gasteiger partial charge on any atom is -0.493 e. The Morgan fingerprint density at radius 1 is 1.29 bits per heavy atom. The van der Waals surface area contributed by atoms with Crippen molar-refractivity contribution in [1.29, 1.82) is 0 Å². The molecule has 1 aromatic rings. The van der Waals surface area contributed by atoms with Gasteiger partial charge in [0.25, 0.3) is 0 Å². The largest absolute Gasteiger partial charge is 0.493 e. The van der Waals surface area contributed by atoms with Crippen LogP contribution < -0.4 is 4.74 Å². The summed E-state index contributed by atoms with van der Waals surface area (Å²) in [4.78, 5) is 21.2. The second kappa shape index (κ2) is 5.09. The number of rotatable bonds is 4. The molecule has 1 aromatic carbocycles. The van der Waals surface area contributed by atoms with Gasteiger partial charge in [-0.1, -0.05) is 0 Å². The molecule has 0 spiro atoms. The van der Waals surface area contributed by atoms with Crippen molar-refractivity contribution in [2.75, 3.05) is 6.61 Å². The summed E-state index contributed by atoms with van der Waals surface area (Å²) in [7, 11) is 0. The normalized spacial score (nSPS) is 9.57. The maximum absolute atomic E-state index is 10.6. The summed E-state index contributed by atoms with van der Waals surface area (Å²) in [6.45, 7) is 2.40. The highest BCUT2D eigenvalue weighted by Crippen LogP contribution is 2.24. The number of benzene rings is 1. The molecule has 0 aliphatic carbocycles. The monoisotopic (exact) mass is 304 g/mol. The highest BCUT2D eigenvalue weighted by Gasteiger charge is 2.07. The molecule has 0 bridgehead atoms. The maximum atomic E-state index is 10.6. The van der Waals surface area contributed by atoms with E-state index in [4.69, 9.17) is 4.74 Å². The lowest BCUT2D eigenvalue weighted by molar-refractivity contribution is 0.109. The van der Waals surface area contributed by atoms with Gasteiger partial charge in [0.05, 0.1) is 10.2 Å². The highest BCUT2D eigenvalue weighted by molar-refractivity contribution is 14.1. The van der Waals surface area contributed by atoms with Gasteiger partial charge in [-0.2, -0.15) is 0 Å². The summed E-state index contributed by atoms with van der Waals surface area (Å²) >= 11 is 2.07. The van der Waals surface area contributed by atoms with E-state index in [2.05, 4.69) is 22.6 Å². The Kier molecular flexibility index (Phi) is 4.06. The van der Waals surface area contributed by atoms with Crippen LogP contribution in [0.1, 0.15) is 27.6 Å². The van der Waals surface area contributed by atoms with Crippen molar-refractivity contribution in [2.45, 2.75) is 6.92 Å². The molecule has 0 heterocycles. The molecule has 3 nitrogen and oxygen atoms in total. The Morgan fingerprint density at radius 2 is 1.86 bits per heavy atom. The zero-order valence-electron chi connectivity index (χ0n) is 7.62. The van der Waals surface area contributed by atoms with Gasteiger partial charge in [-0.05, 0) is 41.6 Å². The van der Waals surface area contributed by atoms with Gasteiger partial charge < -0.3 is 4.74 Å². The molecule has 0 N–H and O–H groups in total. The van der Waals surface area contributed by atoms with Crippen LogP contribution in [0.4, 0.5) is 0 Å². The van der Waals surface area contributed by atoms with Crippen LogP contribution in [-0.2, 0) is 0 Å². The first-order chi connectivity index (χ1) is 6.72. The Morgan fingerprint density at radius 3 is 2.36 bits per heavy atom. The molecule has 0 aliphatic heterocycles. The first-order valence-electron chi connectivity index (χ1n) is 4.09. The first kappa shape index (κ1) is 11.2. The molecule has 0 atom stereocenters. The second-order valence-electron chi connectivity index (χ2n) is 2.58. The lowest BCUT2D eigenvalue weighted by atomic mass is 10.1. The van der Waals surface area contributed by atoms with E-state index in [0.29, 0.717) is 36.1 Å². The average molecular weight is 304 g/mol. The van der Waals surface area contributed by atoms with Gasteiger partial charge in [-0.3, -0.25) is 9.59 Å². The average Bonchev–Trinajstić information content (AvgIpc) is 2.20. The minimum absolute atomic E-state index is 0.365. The van der Waals surface area contributed by atoms with E-state index >= 15 is 0 Å². The number of carbonyl (C=O) groups excluding carboxylic acids is 2. The molecule has 0 unspecified atom stereocenters. The maximum Gasteiger partial charge on any atom is 0.150 e. The summed E-state index contributed by atoms with van der Waals surface area (Å²) in [6.07, 6.45) is 1.32. The van der Waals surface area contributed by atoms with E-state index in [1.165, 1.54) is 0 Å². The summed E-state index contributed by atoms with van der Waals surface area (Å²) in [6, 6.07) is 3.23. The summed E-state index contributed by atoms with van der Waals surface area (Å²) in [5.74, 6) is 0.640. The van der Waals surface area contributed by atoms with Crippen LogP contribution in [0.5, 0.6) is 5.75 Å². The van der Waals surface area contributed by atoms with E-state index in [-0.39, 0.29) is 0 Å². The Labute approximate surface area is 95.6 Å². The summed E-state index contributed by atoms with van der Waals surface area (Å²) < 4.78 is 6.13. The first-order valence-corrected chi connectivity index (χ1v) is 5.17. The number of ether oxygens (including phenoxy) is 1. The Balaban J connectivity index is 3.22. The predicted molar refractivity (Wildman–Crippen MR) is 61.1 cm³/mol. The van der Waals surface area contributed by atoms with Crippen LogP contribution in [0.2, 0.25) is 0 Å². The third-order valence-corrected chi connectivity index (χ3v) is 2.53. The van der Waals surface area contributed by atoms with Crippen molar-refractivity contribution in [3.8, 4) is 5.75 Å². The van der Waals surface area contributed by atoms with Gasteiger partial charge in [0, 0.05) is 11.1 Å². The number of hydrogen-bond donors (Lipinski definition) is 0. The Bertz CT molecular complexity index is 361. The molecule has 0 radical (unpaired) electrons. The van der Waals surface area contributed by atoms with E-state index < -0.39 is 0 Å². The van der Waals surface area contributed by atoms with Crippen LogP contribution in [0.25, 0.3) is 0 Å². The van der Waals surface area contributed by atoms with E-state index in [9.17, 15) is 9.59 Å². The molecule has 0 aliphatic rings. The van der Waals surface area contributed by atoms with Crippen molar-refractivity contribution >= 4 is 35.2 Å². The molecule has 0 amide bonds. The van der Waals surface area contributed by atoms with Gasteiger partial charge in [-0.25, -0.2) is 0 Å². The minimum atomic E-state index is 0.365. The lowest BCUT2D eigenvalue weighted by Crippen LogP contribution is -1.98. The second-order valence-corrected chi connectivity index (χ2v) is 3.74. The van der Waals surface area contributed by atoms with Gasteiger partial charge in [0.15, 0.2) is 12.6 Å². The van der Waals surface area contributed by atoms with Gasteiger partial charge >= 0.3 is 0 Å². The van der Waals surface area contributed by atoms with Crippen molar-refractivity contribution < 1.29 is 14.3 Å². The van der Waals surface area contributed by atoms with E-state index in [0.717, 1.165) is 3.57 Å². The Hall–Kier alpha value is -0.910. The zero-order valence-corrected chi connectivity index (χ0v) is 9.78. The molecule has 0 saturated carbocycles. The lowest BCUT2D eigenvalue weighted by Gasteiger charge is -2.07. The highest BCUT2D eigenvalue weighted by atomic mass is 127. The molecular weight excluding hydrogens is 295 g/mol. The van der Waals surface area contributed by atoms with E-state index in [1.807, 2.05) is 6.92 Å². The number of aldehydes is 2. The molecule has 0 fully saturated rings. The fraction of sp³-hybridized carbons (Fsp3) is 0.200. The van der Waals surface area contributed by atoms with Crippen LogP contribution in [0, 0.1) is 3.57 Å². The summed E-state index contributed by atoms with van der Waals surface area (Å²) in [5, 5.41) is 0. The van der Waals surface area contributed by atoms with Crippen molar-refractivity contribution in [1.82, 2.24) is 0 Å². The predicted octanol–water partition coefficient (Wildman–Crippen LogP) is 2.31. The van der Waals surface area contributed by atoms with Crippen LogP contribution in [0.3, 0.4) is 0 Å². The quantitative estimate of drug-likeness (QED) is 0.633. The molecule has 0 saturated heterocycles. The molecule has 14 heavy (non-hydrogen) atoms. The number of halogens is 1. The molecule has 0 aromatic heterocycles. The molecular formula is C10H9IO3. The fourth-order valence-corrected chi connectivity index (χ4v) is 1.70. The molecule has 1 rings (SSSR count). The topological polar surface area (TPSA) is 43.4 Å². The van der Waals surface area contributed by atoms with Crippen molar-refractivity contribution in [2.24, 2.45) is 0 Å². The van der Waals surface area contributed by atoms with Crippen molar-refractivity contribution in [3.63, 3.8) is 0 Å². The van der Waals surface area contributed by atoms with Crippen LogP contribution in [-0.4, -0.2) is 19.2 Å². The standard InChI is InChI=1S/C10H9IO3/c1-2-14-10-4-8(6-13)7(5-12)3-9(10)11/h3-6H,2H2,1H3. The van der Waals surface area contributed by atoms with Crippen LogP contribution >= 0.6 is 22.6 Å². The third kappa shape index (κ3) is 2.31.